The Hall–Kier alpha value is -2.71. The third-order valence-corrected chi connectivity index (χ3v) is 2.27. The molecule has 1 aromatic rings. The molecule has 0 N–H and O–H groups in total. The number of carbonyl (C=O) groups is 1. The van der Waals surface area contributed by atoms with Crippen LogP contribution >= 0.6 is 0 Å². The van der Waals surface area contributed by atoms with Gasteiger partial charge in [-0.25, -0.2) is 4.79 Å². The van der Waals surface area contributed by atoms with E-state index in [4.69, 9.17) is 9.47 Å². The molecule has 9 nitrogen and oxygen atoms in total. The summed E-state index contributed by atoms with van der Waals surface area (Å²) < 4.78 is 9.81. The molecule has 0 saturated carbocycles. The molecular weight excluding hydrogens is 272 g/mol. The van der Waals surface area contributed by atoms with Gasteiger partial charge in [0, 0.05) is 6.07 Å². The van der Waals surface area contributed by atoms with Crippen LogP contribution in [0.15, 0.2) is 18.2 Å². The van der Waals surface area contributed by atoms with Crippen molar-refractivity contribution in [3.8, 4) is 5.75 Å². The van der Waals surface area contributed by atoms with E-state index in [0.717, 1.165) is 18.2 Å². The molecule has 1 rings (SSSR count). The second-order valence-corrected chi connectivity index (χ2v) is 3.68. The molecule has 1 aromatic carbocycles. The van der Waals surface area contributed by atoms with Crippen molar-refractivity contribution in [2.24, 2.45) is 0 Å². The van der Waals surface area contributed by atoms with Gasteiger partial charge in [0.25, 0.3) is 5.69 Å². The van der Waals surface area contributed by atoms with E-state index in [-0.39, 0.29) is 12.4 Å². The van der Waals surface area contributed by atoms with E-state index in [1.807, 2.05) is 0 Å². The third-order valence-electron chi connectivity index (χ3n) is 2.27. The summed E-state index contributed by atoms with van der Waals surface area (Å²) in [5.41, 5.74) is -1.02. The molecule has 0 fully saturated rings. The lowest BCUT2D eigenvalue weighted by molar-refractivity contribution is -0.394. The van der Waals surface area contributed by atoms with Crippen molar-refractivity contribution in [2.75, 3.05) is 6.61 Å². The fourth-order valence-corrected chi connectivity index (χ4v) is 1.36. The van der Waals surface area contributed by atoms with E-state index >= 15 is 0 Å². The molecule has 0 heterocycles. The van der Waals surface area contributed by atoms with E-state index in [0.29, 0.717) is 0 Å². The highest BCUT2D eigenvalue weighted by atomic mass is 16.6. The fourth-order valence-electron chi connectivity index (χ4n) is 1.36. The Morgan fingerprint density at radius 3 is 2.45 bits per heavy atom. The van der Waals surface area contributed by atoms with Gasteiger partial charge in [-0.3, -0.25) is 20.2 Å². The van der Waals surface area contributed by atoms with E-state index in [1.165, 1.54) is 6.92 Å². The zero-order chi connectivity index (χ0) is 15.3. The number of nitro benzene ring substituents is 2. The van der Waals surface area contributed by atoms with Crippen LogP contribution in [-0.4, -0.2) is 28.5 Å². The number of carbonyl (C=O) groups excluding carboxylic acids is 1. The maximum Gasteiger partial charge on any atom is 0.347 e. The highest BCUT2D eigenvalue weighted by molar-refractivity contribution is 5.74. The number of ether oxygens (including phenoxy) is 2. The summed E-state index contributed by atoms with van der Waals surface area (Å²) in [4.78, 5) is 31.2. The second kappa shape index (κ2) is 6.45. The second-order valence-electron chi connectivity index (χ2n) is 3.68. The molecule has 0 amide bonds. The van der Waals surface area contributed by atoms with Crippen LogP contribution in [0.3, 0.4) is 0 Å². The van der Waals surface area contributed by atoms with Gasteiger partial charge in [-0.15, -0.1) is 0 Å². The Morgan fingerprint density at radius 1 is 1.30 bits per heavy atom. The largest absolute Gasteiger partial charge is 0.472 e. The molecule has 1 atom stereocenters. The van der Waals surface area contributed by atoms with Gasteiger partial charge in [-0.05, 0) is 19.9 Å². The Bertz CT molecular complexity index is 544. The lowest BCUT2D eigenvalue weighted by Gasteiger charge is -2.13. The minimum absolute atomic E-state index is 0.148. The Morgan fingerprint density at radius 2 is 1.95 bits per heavy atom. The number of non-ortho nitro benzene ring substituents is 1. The van der Waals surface area contributed by atoms with Crippen molar-refractivity contribution in [3.63, 3.8) is 0 Å². The maximum atomic E-state index is 11.4. The molecule has 0 unspecified atom stereocenters. The molecule has 0 aliphatic heterocycles. The Kier molecular flexibility index (Phi) is 4.95. The first-order valence-corrected chi connectivity index (χ1v) is 5.63. The smallest absolute Gasteiger partial charge is 0.347 e. The van der Waals surface area contributed by atoms with Gasteiger partial charge in [0.05, 0.1) is 22.5 Å². The number of nitro groups is 2. The molecule has 20 heavy (non-hydrogen) atoms. The summed E-state index contributed by atoms with van der Waals surface area (Å²) in [6.07, 6.45) is -1.06. The standard InChI is InChI=1S/C11H12N2O7/c1-3-19-11(14)7(2)20-10-5-4-8(12(15)16)6-9(10)13(17)18/h4-7H,3H2,1-2H3/t7-/m1/s1. The number of esters is 1. The summed E-state index contributed by atoms with van der Waals surface area (Å²) in [5, 5.41) is 21.4. The first-order chi connectivity index (χ1) is 9.36. The quantitative estimate of drug-likeness (QED) is 0.443. The summed E-state index contributed by atoms with van der Waals surface area (Å²) in [6, 6.07) is 2.90. The van der Waals surface area contributed by atoms with Gasteiger partial charge in [0.15, 0.2) is 11.9 Å². The topological polar surface area (TPSA) is 122 Å². The highest BCUT2D eigenvalue weighted by Crippen LogP contribution is 2.31. The van der Waals surface area contributed by atoms with E-state index in [2.05, 4.69) is 0 Å². The summed E-state index contributed by atoms with van der Waals surface area (Å²) >= 11 is 0. The van der Waals surface area contributed by atoms with E-state index in [1.54, 1.807) is 6.92 Å². The van der Waals surface area contributed by atoms with Gasteiger partial charge in [-0.1, -0.05) is 0 Å². The van der Waals surface area contributed by atoms with Crippen molar-refractivity contribution >= 4 is 17.3 Å². The zero-order valence-corrected chi connectivity index (χ0v) is 10.8. The van der Waals surface area contributed by atoms with Crippen LogP contribution in [0.5, 0.6) is 5.75 Å². The third kappa shape index (κ3) is 3.64. The van der Waals surface area contributed by atoms with Crippen molar-refractivity contribution < 1.29 is 24.1 Å². The summed E-state index contributed by atoms with van der Waals surface area (Å²) in [5.74, 6) is -0.915. The van der Waals surface area contributed by atoms with Crippen LogP contribution < -0.4 is 4.74 Å². The SMILES string of the molecule is CCOC(=O)[C@@H](C)Oc1ccc([N+](=O)[O-])cc1[N+](=O)[O-]. The molecule has 108 valence electrons. The molecular formula is C11H12N2O7. The predicted molar refractivity (Wildman–Crippen MR) is 66.5 cm³/mol. The van der Waals surface area contributed by atoms with Gasteiger partial charge in [0.2, 0.25) is 0 Å². The summed E-state index contributed by atoms with van der Waals surface area (Å²) in [6.45, 7) is 3.12. The summed E-state index contributed by atoms with van der Waals surface area (Å²) in [7, 11) is 0. The molecule has 0 radical (unpaired) electrons. The highest BCUT2D eigenvalue weighted by Gasteiger charge is 2.24. The number of hydrogen-bond acceptors (Lipinski definition) is 7. The lowest BCUT2D eigenvalue weighted by Crippen LogP contribution is -2.26. The first-order valence-electron chi connectivity index (χ1n) is 5.63. The Balaban J connectivity index is 3.03. The monoisotopic (exact) mass is 284 g/mol. The normalized spacial score (nSPS) is 11.5. The van der Waals surface area contributed by atoms with Crippen LogP contribution in [0, 0.1) is 20.2 Å². The molecule has 0 aromatic heterocycles. The number of rotatable bonds is 6. The van der Waals surface area contributed by atoms with Crippen molar-refractivity contribution in [1.29, 1.82) is 0 Å². The molecule has 9 heteroatoms. The average molecular weight is 284 g/mol. The minimum Gasteiger partial charge on any atom is -0.472 e. The number of benzene rings is 1. The zero-order valence-electron chi connectivity index (χ0n) is 10.8. The van der Waals surface area contributed by atoms with Crippen LogP contribution in [0.25, 0.3) is 0 Å². The van der Waals surface area contributed by atoms with Gasteiger partial charge < -0.3 is 9.47 Å². The van der Waals surface area contributed by atoms with Crippen molar-refractivity contribution in [2.45, 2.75) is 20.0 Å². The fraction of sp³-hybridized carbons (Fsp3) is 0.364. The number of nitrogens with zero attached hydrogens (tertiary/aromatic N) is 2. The molecule has 0 bridgehead atoms. The first kappa shape index (κ1) is 15.3. The van der Waals surface area contributed by atoms with Crippen LogP contribution in [0.4, 0.5) is 11.4 Å². The maximum absolute atomic E-state index is 11.4. The predicted octanol–water partition coefficient (Wildman–Crippen LogP) is 1.83. The number of hydrogen-bond donors (Lipinski definition) is 0. The molecule has 0 spiro atoms. The van der Waals surface area contributed by atoms with Crippen LogP contribution in [-0.2, 0) is 9.53 Å². The molecule has 0 aliphatic carbocycles. The van der Waals surface area contributed by atoms with Crippen LogP contribution in [0.1, 0.15) is 13.8 Å². The average Bonchev–Trinajstić information content (AvgIpc) is 2.38. The van der Waals surface area contributed by atoms with Gasteiger partial charge in [-0.2, -0.15) is 0 Å². The van der Waals surface area contributed by atoms with E-state index in [9.17, 15) is 25.0 Å². The Labute approximate surface area is 113 Å². The van der Waals surface area contributed by atoms with Crippen molar-refractivity contribution in [1.82, 2.24) is 0 Å². The van der Waals surface area contributed by atoms with Crippen LogP contribution in [0.2, 0.25) is 0 Å². The van der Waals surface area contributed by atoms with Crippen molar-refractivity contribution in [3.05, 3.63) is 38.4 Å². The van der Waals surface area contributed by atoms with Gasteiger partial charge >= 0.3 is 11.7 Å². The van der Waals surface area contributed by atoms with Gasteiger partial charge in [0.1, 0.15) is 0 Å². The van der Waals surface area contributed by atoms with E-state index < -0.39 is 33.3 Å². The molecule has 0 saturated heterocycles. The lowest BCUT2D eigenvalue weighted by atomic mass is 10.2. The minimum atomic E-state index is -1.06. The molecule has 0 aliphatic rings.